The summed E-state index contributed by atoms with van der Waals surface area (Å²) in [7, 11) is 0. The molecule has 3 aliphatic heterocycles. The molecule has 5 rings (SSSR count). The fourth-order valence-corrected chi connectivity index (χ4v) is 4.84. The first-order valence-corrected chi connectivity index (χ1v) is 11.8. The molecule has 32 heavy (non-hydrogen) atoms. The van der Waals surface area contributed by atoms with Crippen molar-refractivity contribution in [2.45, 2.75) is 20.0 Å². The van der Waals surface area contributed by atoms with Crippen LogP contribution in [0, 0.1) is 0 Å². The topological polar surface area (TPSA) is 40.0 Å². The zero-order valence-electron chi connectivity index (χ0n) is 19.4. The summed E-state index contributed by atoms with van der Waals surface area (Å²) in [5, 5.41) is 9.02. The third kappa shape index (κ3) is 5.00. The fraction of sp³-hybridized carbons (Fsp3) is 0.480. The Morgan fingerprint density at radius 2 is 1.78 bits per heavy atom. The van der Waals surface area contributed by atoms with Crippen molar-refractivity contribution in [3.8, 4) is 0 Å². The number of aromatic nitrogens is 2. The number of fused-ring (bicyclic) bond motifs is 3. The van der Waals surface area contributed by atoms with Crippen LogP contribution in [0.4, 0.5) is 17.3 Å². The number of anilines is 1. The third-order valence-electron chi connectivity index (χ3n) is 6.96. The molecule has 0 unspecified atom stereocenters. The Bertz CT molecular complexity index is 894. The molecule has 1 aromatic heterocycles. The highest BCUT2D eigenvalue weighted by atomic mass is 15.5. The lowest BCUT2D eigenvalue weighted by atomic mass is 10.1. The number of azo groups is 1. The van der Waals surface area contributed by atoms with Crippen LogP contribution in [0.1, 0.15) is 6.92 Å². The van der Waals surface area contributed by atoms with E-state index in [9.17, 15) is 0 Å². The van der Waals surface area contributed by atoms with Crippen molar-refractivity contribution >= 4 is 17.3 Å². The van der Waals surface area contributed by atoms with Crippen LogP contribution < -0.4 is 9.47 Å². The van der Waals surface area contributed by atoms with E-state index in [4.69, 9.17) is 0 Å². The lowest BCUT2D eigenvalue weighted by Gasteiger charge is -2.51. The minimum Gasteiger partial charge on any atom is -0.366 e. The maximum absolute atomic E-state index is 4.53. The van der Waals surface area contributed by atoms with Gasteiger partial charge < -0.3 is 9.38 Å². The Hall–Kier alpha value is -2.77. The molecule has 0 amide bonds. The molecule has 4 heterocycles. The van der Waals surface area contributed by atoms with Crippen LogP contribution >= 0.6 is 0 Å². The van der Waals surface area contributed by atoms with E-state index in [1.54, 1.807) is 0 Å². The molecular formula is C25H37N7+2. The molecule has 0 atom stereocenters. The van der Waals surface area contributed by atoms with Crippen molar-refractivity contribution in [1.82, 2.24) is 9.47 Å². The zero-order chi connectivity index (χ0) is 22.4. The number of allylic oxidation sites excluding steroid dienone is 2. The first-order chi connectivity index (χ1) is 15.7. The highest BCUT2D eigenvalue weighted by Gasteiger charge is 2.38. The van der Waals surface area contributed by atoms with E-state index >= 15 is 0 Å². The van der Waals surface area contributed by atoms with Gasteiger partial charge in [0.25, 0.3) is 0 Å². The number of imidazole rings is 1. The summed E-state index contributed by atoms with van der Waals surface area (Å²) in [6, 6.07) is 8.47. The highest BCUT2D eigenvalue weighted by molar-refractivity contribution is 5.52. The molecule has 170 valence electrons. The van der Waals surface area contributed by atoms with Crippen LogP contribution in [0.2, 0.25) is 0 Å². The van der Waals surface area contributed by atoms with Gasteiger partial charge in [0, 0.05) is 37.0 Å². The van der Waals surface area contributed by atoms with Gasteiger partial charge in [-0.1, -0.05) is 30.4 Å². The lowest BCUT2D eigenvalue weighted by Crippen LogP contribution is -2.68. The molecule has 7 nitrogen and oxygen atoms in total. The van der Waals surface area contributed by atoms with Gasteiger partial charge in [0.1, 0.15) is 5.69 Å². The molecule has 0 N–H and O–H groups in total. The molecule has 0 aliphatic carbocycles. The van der Waals surface area contributed by atoms with Crippen molar-refractivity contribution in [3.05, 3.63) is 62.0 Å². The summed E-state index contributed by atoms with van der Waals surface area (Å²) in [6.07, 6.45) is 7.71. The number of quaternary nitrogens is 1. The van der Waals surface area contributed by atoms with E-state index in [1.807, 2.05) is 33.7 Å². The average Bonchev–Trinajstić information content (AvgIpc) is 3.21. The van der Waals surface area contributed by atoms with Gasteiger partial charge in [0.15, 0.2) is 0 Å². The number of rotatable bonds is 11. The molecule has 3 aliphatic rings. The highest BCUT2D eigenvalue weighted by Crippen LogP contribution is 2.23. The van der Waals surface area contributed by atoms with Crippen LogP contribution in [0.25, 0.3) is 0 Å². The molecule has 3 saturated heterocycles. The molecule has 2 bridgehead atoms. The van der Waals surface area contributed by atoms with E-state index in [1.165, 1.54) is 56.0 Å². The summed E-state index contributed by atoms with van der Waals surface area (Å²) >= 11 is 0. The fourth-order valence-electron chi connectivity index (χ4n) is 4.84. The normalized spacial score (nSPS) is 22.3. The Morgan fingerprint density at radius 1 is 1.06 bits per heavy atom. The first kappa shape index (κ1) is 22.4. The van der Waals surface area contributed by atoms with Crippen LogP contribution in [0.15, 0.2) is 72.2 Å². The molecule has 0 radical (unpaired) electrons. The van der Waals surface area contributed by atoms with Gasteiger partial charge in [-0.3, -0.25) is 4.90 Å². The van der Waals surface area contributed by atoms with Crippen LogP contribution in [0.5, 0.6) is 0 Å². The number of nitrogens with zero attached hydrogens (tertiary/aromatic N) is 7. The molecule has 0 spiro atoms. The van der Waals surface area contributed by atoms with Gasteiger partial charge >= 0.3 is 5.95 Å². The molecule has 2 aromatic rings. The Morgan fingerprint density at radius 3 is 2.41 bits per heavy atom. The summed E-state index contributed by atoms with van der Waals surface area (Å²) in [5.41, 5.74) is 2.12. The first-order valence-electron chi connectivity index (χ1n) is 11.8. The summed E-state index contributed by atoms with van der Waals surface area (Å²) in [5.74, 6) is 0.791. The summed E-state index contributed by atoms with van der Waals surface area (Å²) in [6.45, 7) is 22.4. The van der Waals surface area contributed by atoms with Crippen LogP contribution in [0.3, 0.4) is 0 Å². The van der Waals surface area contributed by atoms with Gasteiger partial charge in [-0.25, -0.2) is 9.13 Å². The standard InChI is InChI=1S/C25H37N7/c1-4-11-30-13-14-31(12-5-2)25(30)27-26-23-7-9-24(10-8-23)29(6-3)18-22-32-19-15-28(16-20-32)17-21-32/h4-5,7-10,13-14H,1-2,6,11-12,15-22H2,3H3/q+2. The number of benzene rings is 1. The average molecular weight is 436 g/mol. The van der Waals surface area contributed by atoms with Gasteiger partial charge in [0.2, 0.25) is 0 Å². The van der Waals surface area contributed by atoms with E-state index in [0.29, 0.717) is 13.1 Å². The third-order valence-corrected chi connectivity index (χ3v) is 6.96. The largest absolute Gasteiger partial charge is 0.422 e. The maximum Gasteiger partial charge on any atom is 0.422 e. The Labute approximate surface area is 192 Å². The van der Waals surface area contributed by atoms with Crippen molar-refractivity contribution in [1.29, 1.82) is 0 Å². The summed E-state index contributed by atoms with van der Waals surface area (Å²) < 4.78 is 5.36. The minimum absolute atomic E-state index is 0.695. The maximum atomic E-state index is 4.53. The number of piperazine rings is 3. The molecule has 0 saturated carbocycles. The zero-order valence-corrected chi connectivity index (χ0v) is 19.4. The van der Waals surface area contributed by atoms with E-state index in [2.05, 4.69) is 64.4 Å². The van der Waals surface area contributed by atoms with Crippen molar-refractivity contribution < 1.29 is 9.05 Å². The minimum atomic E-state index is 0.695. The number of hydrogen-bond acceptors (Lipinski definition) is 4. The Kier molecular flexibility index (Phi) is 7.17. The molecule has 3 fully saturated rings. The van der Waals surface area contributed by atoms with Gasteiger partial charge in [-0.2, -0.15) is 0 Å². The van der Waals surface area contributed by atoms with E-state index in [0.717, 1.165) is 24.7 Å². The second-order valence-corrected chi connectivity index (χ2v) is 8.85. The van der Waals surface area contributed by atoms with Crippen molar-refractivity contribution in [3.63, 3.8) is 0 Å². The van der Waals surface area contributed by atoms with Gasteiger partial charge in [-0.15, -0.1) is 0 Å². The van der Waals surface area contributed by atoms with E-state index < -0.39 is 0 Å². The second-order valence-electron chi connectivity index (χ2n) is 8.85. The SMILES string of the molecule is C=CCn1cc[n+](CC=C)c1N=Nc1ccc(N(CC)CC[N+]23CCN(CC2)CC3)cc1. The quantitative estimate of drug-likeness (QED) is 0.234. The molecular weight excluding hydrogens is 398 g/mol. The number of likely N-dealkylation sites (N-methyl/N-ethyl adjacent to an activating group) is 1. The van der Waals surface area contributed by atoms with Crippen LogP contribution in [-0.2, 0) is 13.1 Å². The van der Waals surface area contributed by atoms with Crippen LogP contribution in [-0.4, -0.2) is 72.9 Å². The number of hydrogen-bond donors (Lipinski definition) is 0. The van der Waals surface area contributed by atoms with Crippen molar-refractivity contribution in [2.24, 2.45) is 10.2 Å². The smallest absolute Gasteiger partial charge is 0.366 e. The lowest BCUT2D eigenvalue weighted by molar-refractivity contribution is -0.939. The molecule has 7 heteroatoms. The van der Waals surface area contributed by atoms with Crippen molar-refractivity contribution in [2.75, 3.05) is 63.8 Å². The predicted octanol–water partition coefficient (Wildman–Crippen LogP) is 3.54. The van der Waals surface area contributed by atoms with E-state index in [-0.39, 0.29) is 0 Å². The van der Waals surface area contributed by atoms with Gasteiger partial charge in [0.05, 0.1) is 58.2 Å². The Balaban J connectivity index is 1.41. The summed E-state index contributed by atoms with van der Waals surface area (Å²) in [4.78, 5) is 5.10. The molecule has 1 aromatic carbocycles. The predicted molar refractivity (Wildman–Crippen MR) is 130 cm³/mol. The monoisotopic (exact) mass is 435 g/mol. The van der Waals surface area contributed by atoms with Gasteiger partial charge in [-0.05, 0) is 31.2 Å². The second kappa shape index (κ2) is 10.2.